The van der Waals surface area contributed by atoms with Gasteiger partial charge in [0, 0.05) is 5.39 Å². The number of nitrogens with zero attached hydrogens (tertiary/aromatic N) is 4. The maximum atomic E-state index is 13.6. The number of carbonyl (C=O) groups excluding carboxylic acids is 2. The number of aromatic nitrogens is 3. The summed E-state index contributed by atoms with van der Waals surface area (Å²) in [5.74, 6) is -1.70. The number of thiophene rings is 1. The Balaban J connectivity index is 1.85. The number of primary amides is 1. The molecule has 1 aromatic carbocycles. The van der Waals surface area contributed by atoms with E-state index in [4.69, 9.17) is 5.73 Å². The third kappa shape index (κ3) is 4.49. The first kappa shape index (κ1) is 24.8. The number of hydrogen-bond donors (Lipinski definition) is 2. The van der Waals surface area contributed by atoms with E-state index in [1.807, 2.05) is 0 Å². The molecule has 0 saturated carbocycles. The fraction of sp³-hybridized carbons (Fsp3) is 0.182. The molecular weight excluding hydrogens is 501 g/mol. The molecule has 3 heterocycles. The third-order valence-electron chi connectivity index (χ3n) is 5.34. The number of fused-ring (bicyclic) bond motifs is 1. The van der Waals surface area contributed by atoms with Crippen molar-refractivity contribution in [3.05, 3.63) is 68.5 Å². The van der Waals surface area contributed by atoms with Crippen LogP contribution in [0.2, 0.25) is 0 Å². The van der Waals surface area contributed by atoms with Crippen LogP contribution in [0.1, 0.15) is 26.8 Å². The van der Waals surface area contributed by atoms with Gasteiger partial charge in [-0.3, -0.25) is 24.4 Å². The van der Waals surface area contributed by atoms with Crippen molar-refractivity contribution in [3.63, 3.8) is 0 Å². The number of nitro groups is 1. The van der Waals surface area contributed by atoms with Gasteiger partial charge in [-0.1, -0.05) is 30.3 Å². The van der Waals surface area contributed by atoms with Crippen LogP contribution in [-0.4, -0.2) is 31.5 Å². The van der Waals surface area contributed by atoms with Crippen molar-refractivity contribution in [1.29, 1.82) is 0 Å². The zero-order valence-corrected chi connectivity index (χ0v) is 19.5. The Hall–Kier alpha value is -4.33. The van der Waals surface area contributed by atoms with Gasteiger partial charge in [0.05, 0.1) is 10.6 Å². The number of nitrogens with two attached hydrogens (primary N) is 1. The molecule has 0 aliphatic rings. The second-order valence-electron chi connectivity index (χ2n) is 7.75. The van der Waals surface area contributed by atoms with Crippen molar-refractivity contribution in [1.82, 2.24) is 14.8 Å². The van der Waals surface area contributed by atoms with Gasteiger partial charge in [-0.25, -0.2) is 4.98 Å². The maximum Gasteiger partial charge on any atom is 0.433 e. The Morgan fingerprint density at radius 3 is 2.44 bits per heavy atom. The van der Waals surface area contributed by atoms with Crippen molar-refractivity contribution in [2.45, 2.75) is 26.6 Å². The molecule has 10 nitrogen and oxygen atoms in total. The maximum absolute atomic E-state index is 13.6. The lowest BCUT2D eigenvalue weighted by molar-refractivity contribution is -0.386. The van der Waals surface area contributed by atoms with Crippen LogP contribution in [0, 0.1) is 24.0 Å². The van der Waals surface area contributed by atoms with Crippen molar-refractivity contribution in [2.24, 2.45) is 5.73 Å². The lowest BCUT2D eigenvalue weighted by Gasteiger charge is -2.12. The lowest BCUT2D eigenvalue weighted by Crippen LogP contribution is -2.22. The number of carbonyl (C=O) groups is 2. The van der Waals surface area contributed by atoms with Crippen LogP contribution in [0.4, 0.5) is 24.5 Å². The molecule has 0 bridgehead atoms. The summed E-state index contributed by atoms with van der Waals surface area (Å²) in [6.45, 7) is 2.40. The van der Waals surface area contributed by atoms with E-state index in [9.17, 15) is 32.9 Å². The molecule has 0 unspecified atom stereocenters. The molecule has 0 fully saturated rings. The molecule has 0 spiro atoms. The van der Waals surface area contributed by atoms with Crippen LogP contribution in [0.5, 0.6) is 0 Å². The van der Waals surface area contributed by atoms with Crippen LogP contribution < -0.4 is 11.1 Å². The highest BCUT2D eigenvalue weighted by molar-refractivity contribution is 7.21. The van der Waals surface area contributed by atoms with Gasteiger partial charge in [-0.05, 0) is 31.0 Å². The average Bonchev–Trinajstić information content (AvgIpc) is 3.29. The van der Waals surface area contributed by atoms with Crippen molar-refractivity contribution in [2.75, 3.05) is 5.32 Å². The van der Waals surface area contributed by atoms with E-state index in [0.29, 0.717) is 16.9 Å². The molecule has 4 aromatic rings. The molecule has 0 aliphatic heterocycles. The van der Waals surface area contributed by atoms with Crippen molar-refractivity contribution in [3.8, 4) is 11.1 Å². The van der Waals surface area contributed by atoms with Crippen molar-refractivity contribution >= 4 is 44.7 Å². The summed E-state index contributed by atoms with van der Waals surface area (Å²) in [6.07, 6.45) is -4.76. The molecule has 186 valence electrons. The quantitative estimate of drug-likeness (QED) is 0.285. The molecule has 0 saturated heterocycles. The molecule has 14 heteroatoms. The number of alkyl halides is 3. The van der Waals surface area contributed by atoms with Crippen LogP contribution in [0.3, 0.4) is 0 Å². The fourth-order valence-corrected chi connectivity index (χ4v) is 4.81. The first-order valence-electron chi connectivity index (χ1n) is 10.3. The van der Waals surface area contributed by atoms with E-state index in [-0.39, 0.29) is 43.4 Å². The largest absolute Gasteiger partial charge is 0.433 e. The van der Waals surface area contributed by atoms with Gasteiger partial charge in [0.25, 0.3) is 5.91 Å². The molecule has 3 N–H and O–H groups in total. The second-order valence-corrected chi connectivity index (χ2v) is 8.75. The minimum atomic E-state index is -4.76. The molecular formula is C22H17F3N6O4S. The van der Waals surface area contributed by atoms with Crippen molar-refractivity contribution < 1.29 is 27.7 Å². The predicted molar refractivity (Wildman–Crippen MR) is 126 cm³/mol. The molecule has 3 aromatic heterocycles. The summed E-state index contributed by atoms with van der Waals surface area (Å²) in [5.41, 5.74) is 4.71. The monoisotopic (exact) mass is 518 g/mol. The summed E-state index contributed by atoms with van der Waals surface area (Å²) in [5, 5.41) is 17.9. The van der Waals surface area contributed by atoms with E-state index >= 15 is 0 Å². The number of rotatable bonds is 6. The van der Waals surface area contributed by atoms with E-state index in [1.165, 1.54) is 13.8 Å². The number of benzene rings is 1. The molecule has 36 heavy (non-hydrogen) atoms. The highest BCUT2D eigenvalue weighted by atomic mass is 32.1. The number of anilines is 1. The summed E-state index contributed by atoms with van der Waals surface area (Å²) >= 11 is 0.621. The third-order valence-corrected chi connectivity index (χ3v) is 6.44. The average molecular weight is 518 g/mol. The number of halogens is 3. The first-order valence-corrected chi connectivity index (χ1v) is 11.1. The minimum absolute atomic E-state index is 0.0914. The van der Waals surface area contributed by atoms with Gasteiger partial charge in [0.15, 0.2) is 0 Å². The zero-order chi connectivity index (χ0) is 26.4. The normalized spacial score (nSPS) is 11.6. The van der Waals surface area contributed by atoms with Gasteiger partial charge in [-0.15, -0.1) is 11.3 Å². The lowest BCUT2D eigenvalue weighted by atomic mass is 10.0. The SMILES string of the molecule is Cc1nn(CC(=O)Nc2c(C(N)=O)sc3nc(C(F)(F)F)cc(-c4ccccc4)c23)c(C)c1[N+](=O)[O-]. The molecule has 0 atom stereocenters. The number of nitrogens with one attached hydrogen (secondary N) is 1. The van der Waals surface area contributed by atoms with E-state index in [1.54, 1.807) is 30.3 Å². The van der Waals surface area contributed by atoms with E-state index in [0.717, 1.165) is 10.7 Å². The number of hydrogen-bond acceptors (Lipinski definition) is 7. The summed E-state index contributed by atoms with van der Waals surface area (Å²) in [7, 11) is 0. The highest BCUT2D eigenvalue weighted by Crippen LogP contribution is 2.43. The van der Waals surface area contributed by atoms with Crippen LogP contribution in [-0.2, 0) is 17.5 Å². The smallest absolute Gasteiger partial charge is 0.365 e. The molecule has 4 rings (SSSR count). The first-order chi connectivity index (χ1) is 16.9. The topological polar surface area (TPSA) is 146 Å². The Bertz CT molecular complexity index is 1530. The van der Waals surface area contributed by atoms with Gasteiger partial charge in [0.2, 0.25) is 5.91 Å². The van der Waals surface area contributed by atoms with Gasteiger partial charge < -0.3 is 11.1 Å². The number of pyridine rings is 1. The highest BCUT2D eigenvalue weighted by Gasteiger charge is 2.35. The number of aryl methyl sites for hydroxylation is 1. The number of amides is 2. The van der Waals surface area contributed by atoms with E-state index in [2.05, 4.69) is 15.4 Å². The van der Waals surface area contributed by atoms with Gasteiger partial charge in [-0.2, -0.15) is 18.3 Å². The minimum Gasteiger partial charge on any atom is -0.365 e. The zero-order valence-electron chi connectivity index (χ0n) is 18.7. The Morgan fingerprint density at radius 2 is 1.89 bits per heavy atom. The molecule has 0 radical (unpaired) electrons. The van der Waals surface area contributed by atoms with Crippen LogP contribution in [0.15, 0.2) is 36.4 Å². The fourth-order valence-electron chi connectivity index (χ4n) is 3.80. The molecule has 0 aliphatic carbocycles. The summed E-state index contributed by atoms with van der Waals surface area (Å²) in [4.78, 5) is 39.1. The Labute approximate surface area is 204 Å². The van der Waals surface area contributed by atoms with Crippen LogP contribution in [0.25, 0.3) is 21.3 Å². The summed E-state index contributed by atoms with van der Waals surface area (Å²) in [6, 6.07) is 8.95. The Kier molecular flexibility index (Phi) is 6.22. The van der Waals surface area contributed by atoms with Crippen LogP contribution >= 0.6 is 11.3 Å². The second kappa shape index (κ2) is 9.03. The van der Waals surface area contributed by atoms with Gasteiger partial charge in [0.1, 0.15) is 33.3 Å². The van der Waals surface area contributed by atoms with Gasteiger partial charge >= 0.3 is 11.9 Å². The Morgan fingerprint density at radius 1 is 1.22 bits per heavy atom. The van der Waals surface area contributed by atoms with E-state index < -0.39 is 35.2 Å². The molecule has 2 amide bonds. The standard InChI is InChI=1S/C22H17F3N6O4S/c1-10-18(31(34)35)11(2)30(29-10)9-15(32)28-17-16-13(12-6-4-3-5-7-12)8-14(22(23,24)25)27-21(16)36-19(17)20(26)33/h3-8H,9H2,1-2H3,(H2,26,33)(H,28,32). The summed E-state index contributed by atoms with van der Waals surface area (Å²) < 4.78 is 41.9. The predicted octanol–water partition coefficient (Wildman–Crippen LogP) is 4.44.